The fraction of sp³-hybridized carbons (Fsp3) is 0.154. The molecule has 0 spiro atoms. The molecule has 0 aliphatic carbocycles. The Kier molecular flexibility index (Phi) is 7.84. The molecule has 37 heavy (non-hydrogen) atoms. The van der Waals surface area contributed by atoms with E-state index in [-0.39, 0.29) is 25.3 Å². The van der Waals surface area contributed by atoms with E-state index in [1.165, 1.54) is 12.1 Å². The molecule has 11 heteroatoms. The van der Waals surface area contributed by atoms with Crippen LogP contribution in [0.1, 0.15) is 28.4 Å². The lowest BCUT2D eigenvalue weighted by Gasteiger charge is -2.18. The minimum atomic E-state index is -1.10. The van der Waals surface area contributed by atoms with Crippen molar-refractivity contribution in [3.63, 3.8) is 0 Å². The van der Waals surface area contributed by atoms with Gasteiger partial charge in [-0.15, -0.1) is 0 Å². The molecule has 4 amide bonds. The van der Waals surface area contributed by atoms with Crippen molar-refractivity contribution in [3.05, 3.63) is 83.9 Å². The second-order valence-electron chi connectivity index (χ2n) is 8.04. The largest absolute Gasteiger partial charge is 0.481 e. The zero-order valence-electron chi connectivity index (χ0n) is 19.5. The first-order chi connectivity index (χ1) is 17.9. The molecule has 0 radical (unpaired) electrons. The topological polar surface area (TPSA) is 155 Å². The number of rotatable bonds is 9. The van der Waals surface area contributed by atoms with Crippen LogP contribution < -0.4 is 30.7 Å². The van der Waals surface area contributed by atoms with Gasteiger partial charge in [0, 0.05) is 16.9 Å². The Morgan fingerprint density at radius 3 is 2.35 bits per heavy atom. The molecule has 1 unspecified atom stereocenters. The molecular formula is C26H24N4O7. The average molecular weight is 504 g/mol. The van der Waals surface area contributed by atoms with E-state index in [9.17, 15) is 24.3 Å². The molecule has 4 rings (SSSR count). The van der Waals surface area contributed by atoms with E-state index in [1.807, 2.05) is 6.07 Å². The summed E-state index contributed by atoms with van der Waals surface area (Å²) in [6, 6.07) is 18.7. The van der Waals surface area contributed by atoms with Crippen molar-refractivity contribution in [1.82, 2.24) is 10.6 Å². The van der Waals surface area contributed by atoms with E-state index in [0.29, 0.717) is 28.4 Å². The Hall–Kier alpha value is -5.06. The van der Waals surface area contributed by atoms with E-state index in [2.05, 4.69) is 21.3 Å². The standard InChI is InChI=1S/C26H24N4O7/c31-23(30-20(13-24(32)33)16-9-10-21-22(12-16)37-15-36-21)14-27-25(34)17-5-4-8-19(11-17)29-26(35)28-18-6-2-1-3-7-18/h1-12,20H,13-15H2,(H,27,34)(H,30,31)(H,32,33)(H2,28,29,35). The van der Waals surface area contributed by atoms with Gasteiger partial charge in [0.15, 0.2) is 11.5 Å². The molecule has 0 bridgehead atoms. The van der Waals surface area contributed by atoms with Gasteiger partial charge in [-0.2, -0.15) is 0 Å². The maximum Gasteiger partial charge on any atom is 0.323 e. The number of ether oxygens (including phenoxy) is 2. The lowest BCUT2D eigenvalue weighted by atomic mass is 10.0. The first-order valence-corrected chi connectivity index (χ1v) is 11.3. The van der Waals surface area contributed by atoms with Crippen LogP contribution in [0.2, 0.25) is 0 Å². The normalized spacial score (nSPS) is 12.2. The van der Waals surface area contributed by atoms with Gasteiger partial charge in [-0.1, -0.05) is 30.3 Å². The smallest absolute Gasteiger partial charge is 0.323 e. The van der Waals surface area contributed by atoms with Crippen molar-refractivity contribution < 1.29 is 33.8 Å². The second-order valence-corrected chi connectivity index (χ2v) is 8.04. The summed E-state index contributed by atoms with van der Waals surface area (Å²) in [6.45, 7) is -0.319. The van der Waals surface area contributed by atoms with Crippen molar-refractivity contribution in [2.45, 2.75) is 12.5 Å². The molecule has 3 aromatic rings. The third-order valence-electron chi connectivity index (χ3n) is 5.34. The Labute approximate surface area is 211 Å². The molecule has 0 aromatic heterocycles. The predicted molar refractivity (Wildman–Crippen MR) is 134 cm³/mol. The summed E-state index contributed by atoms with van der Waals surface area (Å²) in [7, 11) is 0. The van der Waals surface area contributed by atoms with Crippen LogP contribution in [0, 0.1) is 0 Å². The molecule has 0 fully saturated rings. The molecule has 1 aliphatic rings. The second kappa shape index (κ2) is 11.6. The third kappa shape index (κ3) is 6.98. The van der Waals surface area contributed by atoms with Crippen molar-refractivity contribution in [1.29, 1.82) is 0 Å². The molecule has 1 aliphatic heterocycles. The number of hydrogen-bond donors (Lipinski definition) is 5. The Morgan fingerprint density at radius 2 is 1.57 bits per heavy atom. The highest BCUT2D eigenvalue weighted by molar-refractivity contribution is 6.01. The number of benzene rings is 3. The zero-order valence-corrected chi connectivity index (χ0v) is 19.5. The van der Waals surface area contributed by atoms with Gasteiger partial charge < -0.3 is 35.8 Å². The molecule has 0 saturated carbocycles. The predicted octanol–water partition coefficient (Wildman–Crippen LogP) is 3.12. The summed E-state index contributed by atoms with van der Waals surface area (Å²) >= 11 is 0. The van der Waals surface area contributed by atoms with Crippen molar-refractivity contribution >= 4 is 35.2 Å². The lowest BCUT2D eigenvalue weighted by molar-refractivity contribution is -0.137. The molecular weight excluding hydrogens is 480 g/mol. The third-order valence-corrected chi connectivity index (χ3v) is 5.34. The number of hydrogen-bond acceptors (Lipinski definition) is 6. The Morgan fingerprint density at radius 1 is 0.838 bits per heavy atom. The number of carbonyl (C=O) groups is 4. The molecule has 5 N–H and O–H groups in total. The van der Waals surface area contributed by atoms with Crippen LogP contribution in [-0.4, -0.2) is 42.3 Å². The summed E-state index contributed by atoms with van der Waals surface area (Å²) < 4.78 is 10.6. The summed E-state index contributed by atoms with van der Waals surface area (Å²) in [4.78, 5) is 48.7. The van der Waals surface area contributed by atoms with Crippen LogP contribution in [0.25, 0.3) is 0 Å². The van der Waals surface area contributed by atoms with Gasteiger partial charge in [-0.05, 0) is 48.0 Å². The van der Waals surface area contributed by atoms with Crippen LogP contribution in [0.5, 0.6) is 11.5 Å². The number of amides is 4. The van der Waals surface area contributed by atoms with Crippen molar-refractivity contribution in [2.75, 3.05) is 24.0 Å². The van der Waals surface area contributed by atoms with Crippen molar-refractivity contribution in [2.24, 2.45) is 0 Å². The summed E-state index contributed by atoms with van der Waals surface area (Å²) in [5.41, 5.74) is 1.75. The lowest BCUT2D eigenvalue weighted by Crippen LogP contribution is -2.39. The molecule has 190 valence electrons. The van der Waals surface area contributed by atoms with Gasteiger partial charge in [0.25, 0.3) is 5.91 Å². The highest BCUT2D eigenvalue weighted by Crippen LogP contribution is 2.34. The number of fused-ring (bicyclic) bond motifs is 1. The fourth-order valence-electron chi connectivity index (χ4n) is 3.62. The number of urea groups is 1. The SMILES string of the molecule is O=C(O)CC(NC(=O)CNC(=O)c1cccc(NC(=O)Nc2ccccc2)c1)c1ccc2c(c1)OCO2. The van der Waals surface area contributed by atoms with Gasteiger partial charge in [0.05, 0.1) is 19.0 Å². The summed E-state index contributed by atoms with van der Waals surface area (Å²) in [6.07, 6.45) is -0.363. The minimum absolute atomic E-state index is 0.0647. The number of carboxylic acid groups (broad SMARTS) is 1. The summed E-state index contributed by atoms with van der Waals surface area (Å²) in [5, 5.41) is 19.7. The molecule has 11 nitrogen and oxygen atoms in total. The van der Waals surface area contributed by atoms with Gasteiger partial charge in [0.1, 0.15) is 0 Å². The van der Waals surface area contributed by atoms with Crippen LogP contribution in [0.4, 0.5) is 16.2 Å². The van der Waals surface area contributed by atoms with E-state index < -0.39 is 29.9 Å². The van der Waals surface area contributed by atoms with Gasteiger partial charge in [-0.3, -0.25) is 14.4 Å². The van der Waals surface area contributed by atoms with Crippen LogP contribution in [0.15, 0.2) is 72.8 Å². The van der Waals surface area contributed by atoms with Gasteiger partial charge in [-0.25, -0.2) is 4.79 Å². The maximum atomic E-state index is 12.6. The van der Waals surface area contributed by atoms with E-state index in [4.69, 9.17) is 9.47 Å². The monoisotopic (exact) mass is 504 g/mol. The molecule has 0 saturated heterocycles. The molecule has 1 atom stereocenters. The van der Waals surface area contributed by atoms with Crippen LogP contribution in [0.3, 0.4) is 0 Å². The van der Waals surface area contributed by atoms with Crippen LogP contribution in [-0.2, 0) is 9.59 Å². The number of aliphatic carboxylic acids is 1. The molecule has 1 heterocycles. The highest BCUT2D eigenvalue weighted by atomic mass is 16.7. The molecule has 3 aromatic carbocycles. The quantitative estimate of drug-likeness (QED) is 0.300. The first kappa shape index (κ1) is 25.0. The summed E-state index contributed by atoms with van der Waals surface area (Å²) in [5.74, 6) is -1.23. The highest BCUT2D eigenvalue weighted by Gasteiger charge is 2.22. The van der Waals surface area contributed by atoms with Gasteiger partial charge >= 0.3 is 12.0 Å². The Bertz CT molecular complexity index is 1310. The van der Waals surface area contributed by atoms with Gasteiger partial charge in [0.2, 0.25) is 12.7 Å². The first-order valence-electron chi connectivity index (χ1n) is 11.3. The van der Waals surface area contributed by atoms with Crippen LogP contribution >= 0.6 is 0 Å². The fourth-order valence-corrected chi connectivity index (χ4v) is 3.62. The zero-order chi connectivity index (χ0) is 26.2. The van der Waals surface area contributed by atoms with E-state index in [1.54, 1.807) is 54.6 Å². The van der Waals surface area contributed by atoms with E-state index >= 15 is 0 Å². The van der Waals surface area contributed by atoms with E-state index in [0.717, 1.165) is 0 Å². The number of anilines is 2. The maximum absolute atomic E-state index is 12.6. The number of para-hydroxylation sites is 1. The van der Waals surface area contributed by atoms with Crippen molar-refractivity contribution in [3.8, 4) is 11.5 Å². The minimum Gasteiger partial charge on any atom is -0.481 e. The number of nitrogens with one attached hydrogen (secondary N) is 4. The Balaban J connectivity index is 1.32. The number of carboxylic acids is 1. The number of carbonyl (C=O) groups excluding carboxylic acids is 3. The average Bonchev–Trinajstić information content (AvgIpc) is 3.35.